The Bertz CT molecular complexity index is 650. The lowest BCUT2D eigenvalue weighted by atomic mass is 9.98. The van der Waals surface area contributed by atoms with Gasteiger partial charge in [0.05, 0.1) is 19.8 Å². The molecule has 0 bridgehead atoms. The molecule has 0 aromatic heterocycles. The molecular formula is C16H15FO3. The lowest BCUT2D eigenvalue weighted by Gasteiger charge is -2.12. The van der Waals surface area contributed by atoms with Crippen LogP contribution < -0.4 is 9.47 Å². The van der Waals surface area contributed by atoms with Crippen LogP contribution in [0.2, 0.25) is 0 Å². The summed E-state index contributed by atoms with van der Waals surface area (Å²) in [6.45, 7) is 1.76. The Morgan fingerprint density at radius 1 is 1.05 bits per heavy atom. The summed E-state index contributed by atoms with van der Waals surface area (Å²) < 4.78 is 23.7. The molecule has 0 saturated heterocycles. The van der Waals surface area contributed by atoms with Crippen LogP contribution in [0.3, 0.4) is 0 Å². The van der Waals surface area contributed by atoms with Crippen molar-refractivity contribution in [2.45, 2.75) is 6.92 Å². The van der Waals surface area contributed by atoms with E-state index in [9.17, 15) is 9.18 Å². The number of carbonyl (C=O) groups is 1. The van der Waals surface area contributed by atoms with Gasteiger partial charge in [0.1, 0.15) is 5.82 Å². The van der Waals surface area contributed by atoms with E-state index in [4.69, 9.17) is 9.47 Å². The Balaban J connectivity index is 2.56. The van der Waals surface area contributed by atoms with Gasteiger partial charge in [0.2, 0.25) is 0 Å². The molecule has 0 aliphatic carbocycles. The van der Waals surface area contributed by atoms with E-state index >= 15 is 0 Å². The van der Waals surface area contributed by atoms with Crippen molar-refractivity contribution >= 4 is 5.78 Å². The molecule has 0 N–H and O–H groups in total. The van der Waals surface area contributed by atoms with Crippen molar-refractivity contribution in [2.24, 2.45) is 0 Å². The second-order valence-electron chi connectivity index (χ2n) is 4.33. The van der Waals surface area contributed by atoms with Crippen LogP contribution in [0.4, 0.5) is 4.39 Å². The maximum absolute atomic E-state index is 13.3. The summed E-state index contributed by atoms with van der Waals surface area (Å²) in [5.74, 6) is 0.0784. The van der Waals surface area contributed by atoms with Crippen LogP contribution >= 0.6 is 0 Å². The second kappa shape index (κ2) is 5.74. The molecule has 0 fully saturated rings. The number of ether oxygens (including phenoxy) is 2. The third-order valence-corrected chi connectivity index (χ3v) is 3.09. The van der Waals surface area contributed by atoms with Gasteiger partial charge in [0, 0.05) is 5.56 Å². The first kappa shape index (κ1) is 14.1. The fourth-order valence-corrected chi connectivity index (χ4v) is 2.05. The maximum Gasteiger partial charge on any atom is 0.197 e. The van der Waals surface area contributed by atoms with Crippen LogP contribution in [0.1, 0.15) is 21.5 Å². The highest BCUT2D eigenvalue weighted by Crippen LogP contribution is 2.32. The number of halogens is 1. The van der Waals surface area contributed by atoms with Gasteiger partial charge in [-0.1, -0.05) is 12.1 Å². The predicted molar refractivity (Wildman–Crippen MR) is 74.1 cm³/mol. The van der Waals surface area contributed by atoms with Crippen LogP contribution in [0.15, 0.2) is 36.4 Å². The third kappa shape index (κ3) is 2.50. The van der Waals surface area contributed by atoms with Gasteiger partial charge in [-0.2, -0.15) is 0 Å². The Hall–Kier alpha value is -2.36. The highest BCUT2D eigenvalue weighted by atomic mass is 19.1. The smallest absolute Gasteiger partial charge is 0.197 e. The van der Waals surface area contributed by atoms with Gasteiger partial charge in [0.15, 0.2) is 17.3 Å². The van der Waals surface area contributed by atoms with Crippen molar-refractivity contribution in [2.75, 3.05) is 14.2 Å². The summed E-state index contributed by atoms with van der Waals surface area (Å²) >= 11 is 0. The molecule has 0 spiro atoms. The summed E-state index contributed by atoms with van der Waals surface area (Å²) in [7, 11) is 2.96. The van der Waals surface area contributed by atoms with Gasteiger partial charge < -0.3 is 9.47 Å². The molecule has 0 heterocycles. The zero-order valence-corrected chi connectivity index (χ0v) is 11.6. The first-order chi connectivity index (χ1) is 9.58. The van der Waals surface area contributed by atoms with Crippen LogP contribution in [-0.2, 0) is 0 Å². The summed E-state index contributed by atoms with van der Waals surface area (Å²) in [5, 5.41) is 0. The molecule has 20 heavy (non-hydrogen) atoms. The highest BCUT2D eigenvalue weighted by Gasteiger charge is 2.19. The Labute approximate surface area is 117 Å². The molecule has 2 aromatic rings. The molecule has 3 nitrogen and oxygen atoms in total. The zero-order valence-electron chi connectivity index (χ0n) is 11.6. The van der Waals surface area contributed by atoms with Crippen molar-refractivity contribution in [3.05, 3.63) is 58.9 Å². The lowest BCUT2D eigenvalue weighted by molar-refractivity contribution is 0.103. The predicted octanol–water partition coefficient (Wildman–Crippen LogP) is 3.38. The Kier molecular flexibility index (Phi) is 4.03. The number of para-hydroxylation sites is 1. The van der Waals surface area contributed by atoms with Gasteiger partial charge in [0.25, 0.3) is 0 Å². The molecular weight excluding hydrogens is 259 g/mol. The van der Waals surface area contributed by atoms with Crippen molar-refractivity contribution in [1.82, 2.24) is 0 Å². The summed E-state index contributed by atoms with van der Waals surface area (Å²) in [6, 6.07) is 9.17. The van der Waals surface area contributed by atoms with E-state index in [1.165, 1.54) is 26.4 Å². The standard InChI is InChI=1S/C16H15FO3/c1-10-7-8-11(17)9-13(10)15(18)12-5-4-6-14(19-2)16(12)20-3/h4-9H,1-3H3. The van der Waals surface area contributed by atoms with Gasteiger partial charge >= 0.3 is 0 Å². The van der Waals surface area contributed by atoms with E-state index in [1.54, 1.807) is 31.2 Å². The number of rotatable bonds is 4. The number of aryl methyl sites for hydroxylation is 1. The molecule has 104 valence electrons. The molecule has 0 aliphatic heterocycles. The highest BCUT2D eigenvalue weighted by molar-refractivity contribution is 6.12. The molecule has 4 heteroatoms. The molecule has 2 aromatic carbocycles. The van der Waals surface area contributed by atoms with Gasteiger partial charge in [-0.15, -0.1) is 0 Å². The normalized spacial score (nSPS) is 10.2. The number of hydrogen-bond acceptors (Lipinski definition) is 3. The van der Waals surface area contributed by atoms with E-state index in [0.717, 1.165) is 0 Å². The van der Waals surface area contributed by atoms with Crippen LogP contribution in [0.5, 0.6) is 11.5 Å². The Morgan fingerprint density at radius 2 is 1.80 bits per heavy atom. The third-order valence-electron chi connectivity index (χ3n) is 3.09. The summed E-state index contributed by atoms with van der Waals surface area (Å²) in [6.07, 6.45) is 0. The summed E-state index contributed by atoms with van der Waals surface area (Å²) in [5.41, 5.74) is 1.37. The van der Waals surface area contributed by atoms with Crippen LogP contribution in [-0.4, -0.2) is 20.0 Å². The zero-order chi connectivity index (χ0) is 14.7. The van der Waals surface area contributed by atoms with Crippen molar-refractivity contribution in [3.63, 3.8) is 0 Å². The van der Waals surface area contributed by atoms with Crippen LogP contribution in [0.25, 0.3) is 0 Å². The fraction of sp³-hybridized carbons (Fsp3) is 0.188. The largest absolute Gasteiger partial charge is 0.493 e. The SMILES string of the molecule is COc1cccc(C(=O)c2cc(F)ccc2C)c1OC. The van der Waals surface area contributed by atoms with Gasteiger partial charge in [-0.3, -0.25) is 4.79 Å². The quantitative estimate of drug-likeness (QED) is 0.802. The molecule has 0 aliphatic rings. The molecule has 2 rings (SSSR count). The number of benzene rings is 2. The molecule has 0 radical (unpaired) electrons. The monoisotopic (exact) mass is 274 g/mol. The molecule has 0 unspecified atom stereocenters. The van der Waals surface area contributed by atoms with E-state index in [-0.39, 0.29) is 5.78 Å². The van der Waals surface area contributed by atoms with E-state index in [0.29, 0.717) is 28.2 Å². The second-order valence-corrected chi connectivity index (χ2v) is 4.33. The average Bonchev–Trinajstić information content (AvgIpc) is 2.48. The minimum Gasteiger partial charge on any atom is -0.493 e. The summed E-state index contributed by atoms with van der Waals surface area (Å²) in [4.78, 5) is 12.6. The van der Waals surface area contributed by atoms with Crippen molar-refractivity contribution in [1.29, 1.82) is 0 Å². The molecule has 0 amide bonds. The molecule has 0 saturated carbocycles. The number of carbonyl (C=O) groups excluding carboxylic acids is 1. The number of methoxy groups -OCH3 is 2. The number of hydrogen-bond donors (Lipinski definition) is 0. The van der Waals surface area contributed by atoms with Gasteiger partial charge in [-0.05, 0) is 36.8 Å². The minimum atomic E-state index is -0.444. The first-order valence-corrected chi connectivity index (χ1v) is 6.10. The van der Waals surface area contributed by atoms with Crippen LogP contribution in [0, 0.1) is 12.7 Å². The lowest BCUT2D eigenvalue weighted by Crippen LogP contribution is -2.07. The first-order valence-electron chi connectivity index (χ1n) is 6.10. The minimum absolute atomic E-state index is 0.294. The van der Waals surface area contributed by atoms with E-state index in [2.05, 4.69) is 0 Å². The number of ketones is 1. The van der Waals surface area contributed by atoms with Crippen molar-refractivity contribution in [3.8, 4) is 11.5 Å². The average molecular weight is 274 g/mol. The van der Waals surface area contributed by atoms with Crippen molar-refractivity contribution < 1.29 is 18.7 Å². The maximum atomic E-state index is 13.3. The van der Waals surface area contributed by atoms with E-state index in [1.807, 2.05) is 0 Å². The van der Waals surface area contributed by atoms with E-state index < -0.39 is 5.82 Å². The fourth-order valence-electron chi connectivity index (χ4n) is 2.05. The molecule has 0 atom stereocenters. The van der Waals surface area contributed by atoms with Gasteiger partial charge in [-0.25, -0.2) is 4.39 Å². The Morgan fingerprint density at radius 3 is 2.45 bits per heavy atom. The topological polar surface area (TPSA) is 35.5 Å².